The number of rotatable bonds is 7. The number of alkyl halides is 6. The number of methoxy groups -OCH3 is 1. The Kier molecular flexibility index (Phi) is 8.49. The van der Waals surface area contributed by atoms with Crippen molar-refractivity contribution < 1.29 is 45.5 Å². The Hall–Kier alpha value is -3.77. The van der Waals surface area contributed by atoms with E-state index in [0.29, 0.717) is 11.4 Å². The van der Waals surface area contributed by atoms with Crippen LogP contribution < -0.4 is 20.9 Å². The summed E-state index contributed by atoms with van der Waals surface area (Å²) >= 11 is 0. The lowest BCUT2D eigenvalue weighted by Gasteiger charge is -2.14. The molecule has 0 aliphatic rings. The second-order valence-corrected chi connectivity index (χ2v) is 6.93. The fourth-order valence-electron chi connectivity index (χ4n) is 2.65. The monoisotopic (exact) mass is 491 g/mol. The largest absolute Gasteiger partial charge is 0.497 e. The summed E-state index contributed by atoms with van der Waals surface area (Å²) in [7, 11) is 1.49. The van der Waals surface area contributed by atoms with Gasteiger partial charge >= 0.3 is 12.4 Å². The number of benzene rings is 2. The molecule has 0 saturated carbocycles. The maximum absolute atomic E-state index is 12.9. The number of halogens is 6. The molecule has 3 N–H and O–H groups in total. The minimum Gasteiger partial charge on any atom is -0.497 e. The molecule has 3 amide bonds. The fraction of sp³-hybridized carbons (Fsp3) is 0.286. The van der Waals surface area contributed by atoms with Crippen LogP contribution >= 0.6 is 0 Å². The van der Waals surface area contributed by atoms with Gasteiger partial charge in [0, 0.05) is 24.1 Å². The summed E-state index contributed by atoms with van der Waals surface area (Å²) in [6.45, 7) is 0. The molecule has 2 aromatic carbocycles. The fourth-order valence-corrected chi connectivity index (χ4v) is 2.65. The van der Waals surface area contributed by atoms with Crippen LogP contribution in [0.5, 0.6) is 5.75 Å². The first-order valence-electron chi connectivity index (χ1n) is 9.62. The van der Waals surface area contributed by atoms with Crippen molar-refractivity contribution >= 4 is 23.4 Å². The summed E-state index contributed by atoms with van der Waals surface area (Å²) in [5, 5.41) is 2.59. The van der Waals surface area contributed by atoms with Crippen LogP contribution in [0.1, 0.15) is 40.7 Å². The molecular weight excluding hydrogens is 472 g/mol. The number of hydrogen-bond acceptors (Lipinski definition) is 4. The highest BCUT2D eigenvalue weighted by Crippen LogP contribution is 2.36. The van der Waals surface area contributed by atoms with Gasteiger partial charge in [-0.05, 0) is 48.9 Å². The molecule has 7 nitrogen and oxygen atoms in total. The Balaban J connectivity index is 1.86. The van der Waals surface area contributed by atoms with Gasteiger partial charge in [-0.15, -0.1) is 0 Å². The Morgan fingerprint density at radius 2 is 1.32 bits per heavy atom. The van der Waals surface area contributed by atoms with E-state index in [4.69, 9.17) is 4.74 Å². The van der Waals surface area contributed by atoms with Crippen LogP contribution in [0.3, 0.4) is 0 Å². The molecule has 2 rings (SSSR count). The lowest BCUT2D eigenvalue weighted by Crippen LogP contribution is -2.41. The third-order valence-corrected chi connectivity index (χ3v) is 4.35. The number of carbonyl (C=O) groups is 3. The van der Waals surface area contributed by atoms with E-state index in [9.17, 15) is 40.7 Å². The Labute approximate surface area is 189 Å². The number of amides is 3. The molecule has 0 saturated heterocycles. The van der Waals surface area contributed by atoms with Crippen molar-refractivity contribution in [3.05, 3.63) is 59.2 Å². The van der Waals surface area contributed by atoms with Gasteiger partial charge in [0.15, 0.2) is 0 Å². The maximum atomic E-state index is 12.9. The van der Waals surface area contributed by atoms with Crippen LogP contribution in [0.15, 0.2) is 42.5 Å². The molecule has 0 radical (unpaired) electrons. The van der Waals surface area contributed by atoms with Gasteiger partial charge in [-0.1, -0.05) is 0 Å². The number of ether oxygens (including phenoxy) is 1. The third-order valence-electron chi connectivity index (χ3n) is 4.35. The second-order valence-electron chi connectivity index (χ2n) is 6.93. The minimum atomic E-state index is -5.12. The van der Waals surface area contributed by atoms with Gasteiger partial charge in [0.1, 0.15) is 5.75 Å². The van der Waals surface area contributed by atoms with Gasteiger partial charge in [0.2, 0.25) is 11.8 Å². The molecule has 0 spiro atoms. The summed E-state index contributed by atoms with van der Waals surface area (Å²) in [4.78, 5) is 35.7. The zero-order valence-electron chi connectivity index (χ0n) is 17.6. The Bertz CT molecular complexity index is 1000. The van der Waals surface area contributed by atoms with Crippen molar-refractivity contribution in [2.45, 2.75) is 31.6 Å². The standard InChI is InChI=1S/C21H19F6N3O4/c1-34-16-7-5-15(6-8-16)28-17(31)3-2-4-18(32)29-30-19(33)12-9-13(20(22,23)24)11-14(10-12)21(25,26)27/h5-11H,2-4H2,1H3,(H,28,31)(H,29,32)(H,30,33). The summed E-state index contributed by atoms with van der Waals surface area (Å²) in [6.07, 6.45) is -10.5. The van der Waals surface area contributed by atoms with E-state index in [-0.39, 0.29) is 37.5 Å². The number of nitrogens with one attached hydrogen (secondary N) is 3. The SMILES string of the molecule is COc1ccc(NC(=O)CCCC(=O)NNC(=O)c2cc(C(F)(F)F)cc(C(F)(F)F)c2)cc1. The minimum absolute atomic E-state index is 0.0596. The zero-order valence-corrected chi connectivity index (χ0v) is 17.6. The van der Waals surface area contributed by atoms with Gasteiger partial charge in [0.25, 0.3) is 5.91 Å². The van der Waals surface area contributed by atoms with Gasteiger partial charge in [-0.3, -0.25) is 25.2 Å². The predicted octanol–water partition coefficient (Wildman–Crippen LogP) is 4.30. The van der Waals surface area contributed by atoms with Crippen molar-refractivity contribution in [1.82, 2.24) is 10.9 Å². The molecule has 13 heteroatoms. The number of hydrogen-bond donors (Lipinski definition) is 3. The second kappa shape index (κ2) is 10.9. The normalized spacial score (nSPS) is 11.5. The van der Waals surface area contributed by atoms with Crippen LogP contribution in [-0.2, 0) is 21.9 Å². The Morgan fingerprint density at radius 1 is 0.794 bits per heavy atom. The quantitative estimate of drug-likeness (QED) is 0.398. The molecule has 0 fully saturated rings. The van der Waals surface area contributed by atoms with Crippen LogP contribution in [0.4, 0.5) is 32.0 Å². The van der Waals surface area contributed by atoms with E-state index in [1.807, 2.05) is 5.43 Å². The maximum Gasteiger partial charge on any atom is 0.416 e. The number of hydrazine groups is 1. The van der Waals surface area contributed by atoms with E-state index in [1.165, 1.54) is 7.11 Å². The first-order chi connectivity index (χ1) is 15.8. The van der Waals surface area contributed by atoms with Crippen LogP contribution in [0.25, 0.3) is 0 Å². The van der Waals surface area contributed by atoms with Crippen molar-refractivity contribution in [3.63, 3.8) is 0 Å². The predicted molar refractivity (Wildman–Crippen MR) is 108 cm³/mol. The molecule has 0 unspecified atom stereocenters. The molecule has 0 aromatic heterocycles. The Morgan fingerprint density at radius 3 is 1.82 bits per heavy atom. The first-order valence-corrected chi connectivity index (χ1v) is 9.62. The van der Waals surface area contributed by atoms with Crippen molar-refractivity contribution in [2.75, 3.05) is 12.4 Å². The highest BCUT2D eigenvalue weighted by atomic mass is 19.4. The van der Waals surface area contributed by atoms with Crippen molar-refractivity contribution in [2.24, 2.45) is 0 Å². The van der Waals surface area contributed by atoms with Crippen molar-refractivity contribution in [3.8, 4) is 5.75 Å². The molecule has 0 aliphatic carbocycles. The summed E-state index contributed by atoms with van der Waals surface area (Å²) < 4.78 is 82.3. The van der Waals surface area contributed by atoms with Crippen LogP contribution in [0, 0.1) is 0 Å². The molecule has 2 aromatic rings. The summed E-state index contributed by atoms with van der Waals surface area (Å²) in [5.41, 5.74) is -0.126. The number of anilines is 1. The van der Waals surface area contributed by atoms with Crippen LogP contribution in [0.2, 0.25) is 0 Å². The molecule has 0 atom stereocenters. The highest BCUT2D eigenvalue weighted by molar-refractivity contribution is 5.96. The number of carbonyl (C=O) groups excluding carboxylic acids is 3. The first kappa shape index (κ1) is 26.5. The smallest absolute Gasteiger partial charge is 0.416 e. The van der Waals surface area contributed by atoms with Gasteiger partial charge < -0.3 is 10.1 Å². The van der Waals surface area contributed by atoms with Crippen molar-refractivity contribution in [1.29, 1.82) is 0 Å². The molecule has 34 heavy (non-hydrogen) atoms. The molecule has 184 valence electrons. The van der Waals surface area contributed by atoms with E-state index in [0.717, 1.165) is 0 Å². The van der Waals surface area contributed by atoms with Gasteiger partial charge in [-0.25, -0.2) is 0 Å². The lowest BCUT2D eigenvalue weighted by molar-refractivity contribution is -0.143. The topological polar surface area (TPSA) is 96.5 Å². The van der Waals surface area contributed by atoms with Crippen LogP contribution in [-0.4, -0.2) is 24.8 Å². The van der Waals surface area contributed by atoms with Gasteiger partial charge in [0.05, 0.1) is 18.2 Å². The van der Waals surface area contributed by atoms with Gasteiger partial charge in [-0.2, -0.15) is 26.3 Å². The molecular formula is C21H19F6N3O4. The van der Waals surface area contributed by atoms with E-state index < -0.39 is 46.8 Å². The zero-order chi connectivity index (χ0) is 25.5. The summed E-state index contributed by atoms with van der Waals surface area (Å²) in [5.74, 6) is -1.97. The van der Waals surface area contributed by atoms with E-state index in [2.05, 4.69) is 5.32 Å². The van der Waals surface area contributed by atoms with E-state index in [1.54, 1.807) is 29.7 Å². The molecule has 0 heterocycles. The molecule has 0 bridgehead atoms. The lowest BCUT2D eigenvalue weighted by atomic mass is 10.0. The highest BCUT2D eigenvalue weighted by Gasteiger charge is 2.37. The molecule has 0 aliphatic heterocycles. The average molecular weight is 491 g/mol. The van der Waals surface area contributed by atoms with E-state index >= 15 is 0 Å². The summed E-state index contributed by atoms with van der Waals surface area (Å²) in [6, 6.07) is 6.84. The third kappa shape index (κ3) is 7.98. The average Bonchev–Trinajstić information content (AvgIpc) is 2.76.